The molecule has 3 rings (SSSR count). The van der Waals surface area contributed by atoms with Crippen LogP contribution in [0.2, 0.25) is 0 Å². The summed E-state index contributed by atoms with van der Waals surface area (Å²) < 4.78 is 1.86. The van der Waals surface area contributed by atoms with Crippen molar-refractivity contribution < 1.29 is 0 Å². The van der Waals surface area contributed by atoms with E-state index in [9.17, 15) is 0 Å². The molecule has 19 heavy (non-hydrogen) atoms. The molecule has 0 aliphatic carbocycles. The third kappa shape index (κ3) is 2.50. The normalized spacial score (nSPS) is 12.9. The number of aromatic nitrogens is 4. The summed E-state index contributed by atoms with van der Waals surface area (Å²) >= 11 is 1.69. The summed E-state index contributed by atoms with van der Waals surface area (Å²) in [5.41, 5.74) is 4.11. The van der Waals surface area contributed by atoms with Crippen LogP contribution in [0, 0.1) is 0 Å². The van der Waals surface area contributed by atoms with Gasteiger partial charge in [0.05, 0.1) is 23.4 Å². The Morgan fingerprint density at radius 2 is 2.26 bits per heavy atom. The zero-order chi connectivity index (χ0) is 13.1. The maximum Gasteiger partial charge on any atom is 0.0892 e. The number of hydrogen-bond donors (Lipinski definition) is 1. The van der Waals surface area contributed by atoms with Crippen LogP contribution in [0.1, 0.15) is 23.4 Å². The highest BCUT2D eigenvalue weighted by atomic mass is 32.1. The first-order valence-electron chi connectivity index (χ1n) is 6.26. The Morgan fingerprint density at radius 3 is 3.05 bits per heavy atom. The molecule has 0 saturated heterocycles. The number of rotatable bonds is 5. The molecule has 0 radical (unpaired) electrons. The number of nitrogens with one attached hydrogen (secondary N) is 1. The van der Waals surface area contributed by atoms with Crippen molar-refractivity contribution in [1.29, 1.82) is 0 Å². The Hall–Kier alpha value is -1.79. The minimum atomic E-state index is 0.243. The van der Waals surface area contributed by atoms with Crippen molar-refractivity contribution >= 4 is 16.9 Å². The van der Waals surface area contributed by atoms with Gasteiger partial charge in [-0.1, -0.05) is 6.92 Å². The Morgan fingerprint density at radius 1 is 1.32 bits per heavy atom. The van der Waals surface area contributed by atoms with Crippen molar-refractivity contribution in [3.05, 3.63) is 46.9 Å². The van der Waals surface area contributed by atoms with Gasteiger partial charge in [-0.05, 0) is 6.54 Å². The second-order valence-corrected chi connectivity index (χ2v) is 5.26. The summed E-state index contributed by atoms with van der Waals surface area (Å²) in [4.78, 5) is 9.60. The van der Waals surface area contributed by atoms with Crippen molar-refractivity contribution in [3.8, 4) is 0 Å². The fraction of sp³-hybridized carbons (Fsp3) is 0.308. The summed E-state index contributed by atoms with van der Waals surface area (Å²) in [7, 11) is 0. The van der Waals surface area contributed by atoms with Crippen molar-refractivity contribution in [2.24, 2.45) is 0 Å². The first-order valence-corrected chi connectivity index (χ1v) is 7.14. The van der Waals surface area contributed by atoms with Crippen LogP contribution in [0.3, 0.4) is 0 Å². The van der Waals surface area contributed by atoms with Crippen LogP contribution in [0.5, 0.6) is 0 Å². The lowest BCUT2D eigenvalue weighted by molar-refractivity contribution is 0.556. The molecule has 3 aromatic rings. The molecule has 0 amide bonds. The van der Waals surface area contributed by atoms with Gasteiger partial charge >= 0.3 is 0 Å². The van der Waals surface area contributed by atoms with Crippen molar-refractivity contribution in [2.75, 3.05) is 6.54 Å². The largest absolute Gasteiger partial charge is 0.310 e. The van der Waals surface area contributed by atoms with Gasteiger partial charge in [0.25, 0.3) is 0 Å². The lowest BCUT2D eigenvalue weighted by Gasteiger charge is -2.15. The SMILES string of the molecule is CCNC(Cc1cncs1)c1cnn2ccncc12. The van der Waals surface area contributed by atoms with E-state index in [1.807, 2.05) is 34.8 Å². The molecule has 98 valence electrons. The maximum atomic E-state index is 4.38. The van der Waals surface area contributed by atoms with Crippen molar-refractivity contribution in [1.82, 2.24) is 24.9 Å². The quantitative estimate of drug-likeness (QED) is 0.773. The molecular formula is C13H15N5S. The molecule has 0 saturated carbocycles. The van der Waals surface area contributed by atoms with Crippen molar-refractivity contribution in [2.45, 2.75) is 19.4 Å². The minimum Gasteiger partial charge on any atom is -0.310 e. The average molecular weight is 273 g/mol. The van der Waals surface area contributed by atoms with Gasteiger partial charge in [-0.25, -0.2) is 4.52 Å². The standard InChI is InChI=1S/C13H15N5S/c1-2-16-12(5-10-6-15-9-19-10)11-7-17-18-4-3-14-8-13(11)18/h3-4,6-9,12,16H,2,5H2,1H3. The van der Waals surface area contributed by atoms with E-state index >= 15 is 0 Å². The first kappa shape index (κ1) is 12.3. The van der Waals surface area contributed by atoms with E-state index < -0.39 is 0 Å². The smallest absolute Gasteiger partial charge is 0.0892 e. The number of hydrogen-bond acceptors (Lipinski definition) is 5. The zero-order valence-electron chi connectivity index (χ0n) is 10.7. The molecule has 0 fully saturated rings. The van der Waals surface area contributed by atoms with Crippen LogP contribution < -0.4 is 5.32 Å². The van der Waals surface area contributed by atoms with Gasteiger partial charge in [0.2, 0.25) is 0 Å². The first-order chi connectivity index (χ1) is 9.38. The molecule has 0 aromatic carbocycles. The maximum absolute atomic E-state index is 4.38. The van der Waals surface area contributed by atoms with E-state index in [1.165, 1.54) is 10.4 Å². The summed E-state index contributed by atoms with van der Waals surface area (Å²) in [6, 6.07) is 0.243. The molecule has 0 bridgehead atoms. The fourth-order valence-electron chi connectivity index (χ4n) is 2.20. The monoisotopic (exact) mass is 273 g/mol. The molecule has 3 aromatic heterocycles. The van der Waals surface area contributed by atoms with Gasteiger partial charge < -0.3 is 5.32 Å². The zero-order valence-corrected chi connectivity index (χ0v) is 11.5. The molecule has 1 unspecified atom stereocenters. The Bertz CT molecular complexity index is 646. The highest BCUT2D eigenvalue weighted by Crippen LogP contribution is 2.23. The van der Waals surface area contributed by atoms with E-state index in [-0.39, 0.29) is 6.04 Å². The number of fused-ring (bicyclic) bond motifs is 1. The molecule has 0 aliphatic heterocycles. The Kier molecular flexibility index (Phi) is 3.52. The summed E-state index contributed by atoms with van der Waals surface area (Å²) in [6.45, 7) is 3.03. The van der Waals surface area contributed by atoms with Gasteiger partial charge in [0, 0.05) is 41.5 Å². The number of thiazole rings is 1. The fourth-order valence-corrected chi connectivity index (χ4v) is 2.85. The van der Waals surface area contributed by atoms with Crippen LogP contribution in [0.4, 0.5) is 0 Å². The van der Waals surface area contributed by atoms with E-state index in [1.54, 1.807) is 17.5 Å². The van der Waals surface area contributed by atoms with E-state index in [0.29, 0.717) is 0 Å². The van der Waals surface area contributed by atoms with E-state index in [4.69, 9.17) is 0 Å². The molecule has 6 heteroatoms. The molecular weight excluding hydrogens is 258 g/mol. The number of likely N-dealkylation sites (N-methyl/N-ethyl adjacent to an activating group) is 1. The van der Waals surface area contributed by atoms with Gasteiger partial charge in [-0.15, -0.1) is 11.3 Å². The lowest BCUT2D eigenvalue weighted by Crippen LogP contribution is -2.22. The van der Waals surface area contributed by atoms with Gasteiger partial charge in [-0.3, -0.25) is 9.97 Å². The van der Waals surface area contributed by atoms with E-state index in [2.05, 4.69) is 27.3 Å². The molecule has 3 heterocycles. The van der Waals surface area contributed by atoms with Crippen LogP contribution >= 0.6 is 11.3 Å². The average Bonchev–Trinajstić information content (AvgIpc) is 3.07. The van der Waals surface area contributed by atoms with Gasteiger partial charge in [-0.2, -0.15) is 5.10 Å². The number of nitrogens with zero attached hydrogens (tertiary/aromatic N) is 4. The third-order valence-corrected chi connectivity index (χ3v) is 3.87. The molecule has 1 atom stereocenters. The molecule has 1 N–H and O–H groups in total. The third-order valence-electron chi connectivity index (χ3n) is 3.07. The Balaban J connectivity index is 1.95. The predicted molar refractivity (Wildman–Crippen MR) is 75.2 cm³/mol. The van der Waals surface area contributed by atoms with Gasteiger partial charge in [0.1, 0.15) is 0 Å². The topological polar surface area (TPSA) is 55.1 Å². The van der Waals surface area contributed by atoms with Crippen LogP contribution in [-0.2, 0) is 6.42 Å². The van der Waals surface area contributed by atoms with Gasteiger partial charge in [0.15, 0.2) is 0 Å². The van der Waals surface area contributed by atoms with Crippen LogP contribution in [-0.4, -0.2) is 26.1 Å². The second-order valence-electron chi connectivity index (χ2n) is 4.29. The molecule has 5 nitrogen and oxygen atoms in total. The van der Waals surface area contributed by atoms with Crippen molar-refractivity contribution in [3.63, 3.8) is 0 Å². The highest BCUT2D eigenvalue weighted by molar-refractivity contribution is 7.09. The van der Waals surface area contributed by atoms with Crippen LogP contribution in [0.25, 0.3) is 5.52 Å². The Labute approximate surface area is 115 Å². The summed E-state index contributed by atoms with van der Waals surface area (Å²) in [5, 5.41) is 7.89. The highest BCUT2D eigenvalue weighted by Gasteiger charge is 2.16. The lowest BCUT2D eigenvalue weighted by atomic mass is 10.1. The molecule has 0 aliphatic rings. The summed E-state index contributed by atoms with van der Waals surface area (Å²) in [5.74, 6) is 0. The predicted octanol–water partition coefficient (Wildman–Crippen LogP) is 2.08. The second kappa shape index (κ2) is 5.46. The van der Waals surface area contributed by atoms with E-state index in [0.717, 1.165) is 18.5 Å². The minimum absolute atomic E-state index is 0.243. The van der Waals surface area contributed by atoms with Crippen LogP contribution in [0.15, 0.2) is 36.5 Å². The molecule has 0 spiro atoms. The summed E-state index contributed by atoms with van der Waals surface area (Å²) in [6.07, 6.45) is 10.3.